The highest BCUT2D eigenvalue weighted by atomic mass is 32.2. The van der Waals surface area contributed by atoms with Crippen LogP contribution in [0.4, 0.5) is 0 Å². The van der Waals surface area contributed by atoms with E-state index in [0.717, 1.165) is 12.8 Å². The minimum atomic E-state index is -3.77. The highest BCUT2D eigenvalue weighted by molar-refractivity contribution is 7.87. The Morgan fingerprint density at radius 2 is 1.26 bits per heavy atom. The molecule has 23 heavy (non-hydrogen) atoms. The molecule has 2 N–H and O–H groups in total. The summed E-state index contributed by atoms with van der Waals surface area (Å²) in [7, 11) is -3.77. The molecule has 5 nitrogen and oxygen atoms in total. The average molecular weight is 350 g/mol. The van der Waals surface area contributed by atoms with Gasteiger partial charge in [0.1, 0.15) is 0 Å². The highest BCUT2D eigenvalue weighted by Crippen LogP contribution is 2.12. The number of unbranched alkanes of at least 4 members (excludes halogenated alkanes) is 11. The maximum Gasteiger partial charge on any atom is 0.322 e. The summed E-state index contributed by atoms with van der Waals surface area (Å²) < 4.78 is 26.9. The van der Waals surface area contributed by atoms with Gasteiger partial charge in [0.15, 0.2) is 0 Å². The van der Waals surface area contributed by atoms with Crippen molar-refractivity contribution in [2.45, 2.75) is 90.4 Å². The van der Waals surface area contributed by atoms with Crippen molar-refractivity contribution in [1.82, 2.24) is 0 Å². The second-order valence-corrected chi connectivity index (χ2v) is 7.84. The highest BCUT2D eigenvalue weighted by Gasteiger charge is 2.15. The fourth-order valence-electron chi connectivity index (χ4n) is 2.48. The van der Waals surface area contributed by atoms with E-state index in [1.54, 1.807) is 0 Å². The molecule has 0 rings (SSSR count). The third kappa shape index (κ3) is 16.0. The van der Waals surface area contributed by atoms with Crippen molar-refractivity contribution < 1.29 is 17.4 Å². The van der Waals surface area contributed by atoms with Crippen LogP contribution in [0.2, 0.25) is 0 Å². The smallest absolute Gasteiger partial charge is 0.322 e. The SMILES string of the molecule is CCCCCCCCCCCCCCC(=O)OS(=O)(=O)CCN. The minimum absolute atomic E-state index is 0.0335. The quantitative estimate of drug-likeness (QED) is 0.337. The van der Waals surface area contributed by atoms with Crippen molar-refractivity contribution in [3.63, 3.8) is 0 Å². The average Bonchev–Trinajstić information content (AvgIpc) is 2.47. The molecule has 0 radical (unpaired) electrons. The standard InChI is InChI=1S/C17H35NO4S/c1-2-3-4-5-6-7-8-9-10-11-12-13-14-17(19)22-23(20,21)16-15-18/h2-16,18H2,1H3. The molecule has 0 spiro atoms. The molecule has 138 valence electrons. The van der Waals surface area contributed by atoms with Gasteiger partial charge in [-0.3, -0.25) is 4.79 Å². The largest absolute Gasteiger partial charge is 0.346 e. The Morgan fingerprint density at radius 1 is 0.826 bits per heavy atom. The lowest BCUT2D eigenvalue weighted by Gasteiger charge is -2.05. The summed E-state index contributed by atoms with van der Waals surface area (Å²) in [5, 5.41) is 0. The summed E-state index contributed by atoms with van der Waals surface area (Å²) in [6.45, 7) is 2.20. The van der Waals surface area contributed by atoms with Gasteiger partial charge in [-0.05, 0) is 6.42 Å². The topological polar surface area (TPSA) is 86.5 Å². The van der Waals surface area contributed by atoms with E-state index in [0.29, 0.717) is 6.42 Å². The zero-order valence-corrected chi connectivity index (χ0v) is 15.5. The van der Waals surface area contributed by atoms with Gasteiger partial charge in [-0.25, -0.2) is 0 Å². The number of nitrogens with two attached hydrogens (primary N) is 1. The lowest BCUT2D eigenvalue weighted by atomic mass is 10.0. The Labute approximate surface area is 142 Å². The molecular weight excluding hydrogens is 314 g/mol. The van der Waals surface area contributed by atoms with Crippen LogP contribution < -0.4 is 5.73 Å². The predicted octanol–water partition coefficient (Wildman–Crippen LogP) is 3.91. The van der Waals surface area contributed by atoms with E-state index < -0.39 is 16.1 Å². The summed E-state index contributed by atoms with van der Waals surface area (Å²) in [5.41, 5.74) is 5.14. The van der Waals surface area contributed by atoms with E-state index in [1.807, 2.05) is 0 Å². The predicted molar refractivity (Wildman–Crippen MR) is 94.6 cm³/mol. The zero-order chi connectivity index (χ0) is 17.4. The van der Waals surface area contributed by atoms with Crippen molar-refractivity contribution in [3.8, 4) is 0 Å². The van der Waals surface area contributed by atoms with Gasteiger partial charge in [0.2, 0.25) is 0 Å². The molecule has 6 heteroatoms. The molecule has 0 amide bonds. The summed E-state index contributed by atoms with van der Waals surface area (Å²) >= 11 is 0. The fraction of sp³-hybridized carbons (Fsp3) is 0.941. The molecule has 0 atom stereocenters. The monoisotopic (exact) mass is 349 g/mol. The third-order valence-corrected chi connectivity index (χ3v) is 5.00. The normalized spacial score (nSPS) is 11.6. The zero-order valence-electron chi connectivity index (χ0n) is 14.7. The van der Waals surface area contributed by atoms with Gasteiger partial charge in [0.05, 0.1) is 5.75 Å². The molecule has 0 aromatic rings. The van der Waals surface area contributed by atoms with Crippen molar-refractivity contribution in [3.05, 3.63) is 0 Å². The number of hydrogen-bond acceptors (Lipinski definition) is 5. The van der Waals surface area contributed by atoms with Crippen molar-refractivity contribution in [2.24, 2.45) is 5.73 Å². The molecule has 0 aliphatic rings. The molecule has 0 saturated carbocycles. The van der Waals surface area contributed by atoms with Crippen molar-refractivity contribution in [2.75, 3.05) is 12.3 Å². The number of rotatable bonds is 16. The number of carbonyl (C=O) groups is 1. The number of carbonyl (C=O) groups excluding carboxylic acids is 1. The van der Waals surface area contributed by atoms with Crippen LogP contribution in [0.25, 0.3) is 0 Å². The molecule has 0 aliphatic carbocycles. The van der Waals surface area contributed by atoms with Crippen LogP contribution in [0, 0.1) is 0 Å². The summed E-state index contributed by atoms with van der Waals surface area (Å²) in [6.07, 6.45) is 14.7. The van der Waals surface area contributed by atoms with Gasteiger partial charge in [-0.15, -0.1) is 0 Å². The van der Waals surface area contributed by atoms with Gasteiger partial charge in [-0.2, -0.15) is 8.42 Å². The molecule has 0 aromatic carbocycles. The van der Waals surface area contributed by atoms with Gasteiger partial charge in [-0.1, -0.05) is 77.6 Å². The van der Waals surface area contributed by atoms with Crippen LogP contribution in [-0.2, 0) is 19.1 Å². The molecular formula is C17H35NO4S. The van der Waals surface area contributed by atoms with Crippen LogP contribution in [0.15, 0.2) is 0 Å². The molecule has 0 fully saturated rings. The third-order valence-electron chi connectivity index (χ3n) is 3.82. The van der Waals surface area contributed by atoms with E-state index in [1.165, 1.54) is 57.8 Å². The second-order valence-electron chi connectivity index (χ2n) is 6.14. The van der Waals surface area contributed by atoms with Gasteiger partial charge < -0.3 is 9.92 Å². The summed E-state index contributed by atoms with van der Waals surface area (Å²) in [4.78, 5) is 11.4. The second kappa shape index (κ2) is 14.9. The van der Waals surface area contributed by atoms with Crippen LogP contribution in [-0.4, -0.2) is 26.7 Å². The van der Waals surface area contributed by atoms with Gasteiger partial charge in [0, 0.05) is 13.0 Å². The molecule has 0 heterocycles. The summed E-state index contributed by atoms with van der Waals surface area (Å²) in [6, 6.07) is 0. The van der Waals surface area contributed by atoms with Crippen molar-refractivity contribution in [1.29, 1.82) is 0 Å². The Bertz CT molecular complexity index is 382. The first kappa shape index (κ1) is 22.4. The Hall–Kier alpha value is -0.620. The molecule has 0 aromatic heterocycles. The Kier molecular flexibility index (Phi) is 14.5. The fourth-order valence-corrected chi connectivity index (χ4v) is 3.22. The Morgan fingerprint density at radius 3 is 1.70 bits per heavy atom. The van der Waals surface area contributed by atoms with Crippen LogP contribution >= 0.6 is 0 Å². The van der Waals surface area contributed by atoms with Gasteiger partial charge >= 0.3 is 16.1 Å². The first-order chi connectivity index (χ1) is 11.0. The Balaban J connectivity index is 3.34. The number of hydrogen-bond donors (Lipinski definition) is 1. The molecule has 0 unspecified atom stereocenters. The van der Waals surface area contributed by atoms with Crippen LogP contribution in [0.1, 0.15) is 90.4 Å². The first-order valence-corrected chi connectivity index (χ1v) is 10.7. The molecule has 0 bridgehead atoms. The van der Waals surface area contributed by atoms with E-state index in [-0.39, 0.29) is 18.7 Å². The first-order valence-electron chi connectivity index (χ1n) is 9.17. The molecule has 0 saturated heterocycles. The lowest BCUT2D eigenvalue weighted by molar-refractivity contribution is -0.133. The summed E-state index contributed by atoms with van der Waals surface area (Å²) in [5.74, 6) is -0.970. The van der Waals surface area contributed by atoms with Gasteiger partial charge in [0.25, 0.3) is 0 Å². The van der Waals surface area contributed by atoms with Crippen LogP contribution in [0.5, 0.6) is 0 Å². The van der Waals surface area contributed by atoms with Crippen LogP contribution in [0.3, 0.4) is 0 Å². The molecule has 0 aliphatic heterocycles. The minimum Gasteiger partial charge on any atom is -0.346 e. The lowest BCUT2D eigenvalue weighted by Crippen LogP contribution is -2.21. The van der Waals surface area contributed by atoms with E-state index in [4.69, 9.17) is 5.73 Å². The maximum absolute atomic E-state index is 11.4. The van der Waals surface area contributed by atoms with E-state index in [2.05, 4.69) is 11.1 Å². The van der Waals surface area contributed by atoms with E-state index >= 15 is 0 Å². The van der Waals surface area contributed by atoms with Crippen molar-refractivity contribution >= 4 is 16.1 Å². The van der Waals surface area contributed by atoms with E-state index in [9.17, 15) is 13.2 Å². The maximum atomic E-state index is 11.4.